The van der Waals surface area contributed by atoms with Crippen LogP contribution in [0.15, 0.2) is 60.7 Å². The number of carbonyl (C=O) groups excluding carboxylic acids is 2. The number of aldehydes is 2. The lowest BCUT2D eigenvalue weighted by atomic mass is 10.0. The zero-order valence-corrected chi connectivity index (χ0v) is 14.9. The predicted octanol–water partition coefficient (Wildman–Crippen LogP) is 4.76. The normalized spacial score (nSPS) is 9.64. The fourth-order valence-corrected chi connectivity index (χ4v) is 2.78. The van der Waals surface area contributed by atoms with Crippen LogP contribution in [0.1, 0.15) is 31.8 Å². The maximum Gasteiger partial charge on any atom is 0.154 e. The van der Waals surface area contributed by atoms with Crippen LogP contribution in [0, 0.1) is 24.7 Å². The number of hydrogen-bond donors (Lipinski definition) is 2. The first-order valence-corrected chi connectivity index (χ1v) is 8.43. The molecule has 0 aliphatic heterocycles. The largest absolute Gasteiger partial charge is 0.355 e. The molecule has 0 spiro atoms. The van der Waals surface area contributed by atoms with Crippen molar-refractivity contribution < 1.29 is 9.59 Å². The van der Waals surface area contributed by atoms with Crippen molar-refractivity contribution in [1.29, 1.82) is 0 Å². The Morgan fingerprint density at radius 1 is 0.750 bits per heavy atom. The molecule has 0 atom stereocenters. The minimum absolute atomic E-state index is 0.321. The van der Waals surface area contributed by atoms with Crippen molar-refractivity contribution in [2.45, 2.75) is 0 Å². The highest BCUT2D eigenvalue weighted by molar-refractivity contribution is 6.01. The monoisotopic (exact) mass is 364 g/mol. The number of anilines is 4. The Kier molecular flexibility index (Phi) is 5.55. The zero-order chi connectivity index (χ0) is 19.9. The Morgan fingerprint density at radius 2 is 1.36 bits per heavy atom. The first kappa shape index (κ1) is 18.5. The molecule has 0 aliphatic rings. The van der Waals surface area contributed by atoms with E-state index in [2.05, 4.69) is 22.5 Å². The number of benzene rings is 3. The van der Waals surface area contributed by atoms with Gasteiger partial charge in [-0.05, 0) is 48.5 Å². The van der Waals surface area contributed by atoms with Gasteiger partial charge in [-0.15, -0.1) is 12.8 Å². The molecule has 0 aliphatic carbocycles. The molecule has 0 aromatic heterocycles. The van der Waals surface area contributed by atoms with Gasteiger partial charge in [-0.2, -0.15) is 0 Å². The van der Waals surface area contributed by atoms with Crippen molar-refractivity contribution in [2.75, 3.05) is 10.6 Å². The van der Waals surface area contributed by atoms with Gasteiger partial charge in [0.05, 0.1) is 16.9 Å². The predicted molar refractivity (Wildman–Crippen MR) is 113 cm³/mol. The molecule has 0 amide bonds. The molecule has 3 aromatic carbocycles. The van der Waals surface area contributed by atoms with E-state index >= 15 is 0 Å². The molecule has 2 N–H and O–H groups in total. The van der Waals surface area contributed by atoms with E-state index in [0.717, 1.165) is 5.69 Å². The van der Waals surface area contributed by atoms with Gasteiger partial charge in [0.15, 0.2) is 12.6 Å². The van der Waals surface area contributed by atoms with E-state index in [1.807, 2.05) is 18.2 Å². The third kappa shape index (κ3) is 3.93. The van der Waals surface area contributed by atoms with Crippen LogP contribution >= 0.6 is 0 Å². The second-order valence-corrected chi connectivity index (χ2v) is 5.93. The van der Waals surface area contributed by atoms with Crippen LogP contribution in [0.5, 0.6) is 0 Å². The van der Waals surface area contributed by atoms with E-state index < -0.39 is 0 Å². The van der Waals surface area contributed by atoms with Gasteiger partial charge in [0.1, 0.15) is 0 Å². The number of nitrogens with one attached hydrogen (secondary N) is 2. The SMILES string of the molecule is C#Cc1cccc(Nc2ccc(C=O)c(Nc3cccc(C#C)c3)c2C=O)c1. The first-order chi connectivity index (χ1) is 13.7. The lowest BCUT2D eigenvalue weighted by Crippen LogP contribution is -2.04. The second kappa shape index (κ2) is 8.40. The third-order valence-corrected chi connectivity index (χ3v) is 4.13. The molecule has 134 valence electrons. The van der Waals surface area contributed by atoms with Gasteiger partial charge >= 0.3 is 0 Å². The topological polar surface area (TPSA) is 58.2 Å². The van der Waals surface area contributed by atoms with Gasteiger partial charge in [-0.25, -0.2) is 0 Å². The van der Waals surface area contributed by atoms with E-state index in [4.69, 9.17) is 12.8 Å². The zero-order valence-electron chi connectivity index (χ0n) is 14.9. The lowest BCUT2D eigenvalue weighted by Gasteiger charge is -2.16. The van der Waals surface area contributed by atoms with Gasteiger partial charge in [0, 0.05) is 28.1 Å². The summed E-state index contributed by atoms with van der Waals surface area (Å²) in [6, 6.07) is 17.8. The molecular weight excluding hydrogens is 348 g/mol. The highest BCUT2D eigenvalue weighted by atomic mass is 16.1. The minimum Gasteiger partial charge on any atom is -0.355 e. The average molecular weight is 364 g/mol. The maximum absolute atomic E-state index is 11.9. The summed E-state index contributed by atoms with van der Waals surface area (Å²) in [6.07, 6.45) is 12.3. The van der Waals surface area contributed by atoms with Crippen LogP contribution in [0.2, 0.25) is 0 Å². The molecule has 0 unspecified atom stereocenters. The Bertz CT molecular complexity index is 1130. The Labute approximate surface area is 163 Å². The summed E-state index contributed by atoms with van der Waals surface area (Å²) in [7, 11) is 0. The number of rotatable bonds is 6. The van der Waals surface area contributed by atoms with E-state index in [1.165, 1.54) is 0 Å². The summed E-state index contributed by atoms with van der Waals surface area (Å²) in [6.45, 7) is 0. The van der Waals surface area contributed by atoms with Crippen molar-refractivity contribution in [3.05, 3.63) is 82.9 Å². The number of terminal acetylenes is 2. The Balaban J connectivity index is 2.04. The molecule has 4 nitrogen and oxygen atoms in total. The Morgan fingerprint density at radius 3 is 1.89 bits per heavy atom. The first-order valence-electron chi connectivity index (χ1n) is 8.43. The molecule has 3 rings (SSSR count). The van der Waals surface area contributed by atoms with Crippen molar-refractivity contribution >= 4 is 35.3 Å². The quantitative estimate of drug-likeness (QED) is 0.489. The maximum atomic E-state index is 11.9. The van der Waals surface area contributed by atoms with E-state index in [9.17, 15) is 9.59 Å². The highest BCUT2D eigenvalue weighted by Crippen LogP contribution is 2.31. The smallest absolute Gasteiger partial charge is 0.154 e. The standard InChI is InChI=1S/C24H16N2O2/c1-3-17-7-5-9-20(13-17)25-23-12-11-19(15-27)24(22(23)16-28)26-21-10-6-8-18(4-2)14-21/h1-2,5-16,25-26H. The molecule has 4 heteroatoms. The lowest BCUT2D eigenvalue weighted by molar-refractivity contribution is 0.112. The van der Waals surface area contributed by atoms with Crippen molar-refractivity contribution in [2.24, 2.45) is 0 Å². The van der Waals surface area contributed by atoms with E-state index in [0.29, 0.717) is 51.9 Å². The second-order valence-electron chi connectivity index (χ2n) is 5.93. The Hall–Kier alpha value is -4.28. The van der Waals surface area contributed by atoms with Crippen molar-refractivity contribution in [3.8, 4) is 24.7 Å². The average Bonchev–Trinajstić information content (AvgIpc) is 2.74. The molecular formula is C24H16N2O2. The molecule has 0 bridgehead atoms. The fraction of sp³-hybridized carbons (Fsp3) is 0. The summed E-state index contributed by atoms with van der Waals surface area (Å²) in [4.78, 5) is 23.4. The van der Waals surface area contributed by atoms with Gasteiger partial charge < -0.3 is 10.6 Å². The van der Waals surface area contributed by atoms with Crippen LogP contribution < -0.4 is 10.6 Å². The molecule has 0 radical (unpaired) electrons. The van der Waals surface area contributed by atoms with Gasteiger partial charge in [0.2, 0.25) is 0 Å². The molecule has 28 heavy (non-hydrogen) atoms. The van der Waals surface area contributed by atoms with Crippen LogP contribution in [0.3, 0.4) is 0 Å². The number of carbonyl (C=O) groups is 2. The summed E-state index contributed by atoms with van der Waals surface area (Å²) in [5.41, 5.74) is 4.43. The molecule has 0 heterocycles. The van der Waals surface area contributed by atoms with Crippen LogP contribution in [-0.4, -0.2) is 12.6 Å². The molecule has 0 saturated heterocycles. The van der Waals surface area contributed by atoms with Crippen LogP contribution in [0.4, 0.5) is 22.7 Å². The third-order valence-electron chi connectivity index (χ3n) is 4.13. The molecule has 3 aromatic rings. The van der Waals surface area contributed by atoms with Crippen LogP contribution in [0.25, 0.3) is 0 Å². The highest BCUT2D eigenvalue weighted by Gasteiger charge is 2.14. The van der Waals surface area contributed by atoms with Gasteiger partial charge in [-0.3, -0.25) is 9.59 Å². The van der Waals surface area contributed by atoms with Gasteiger partial charge in [0.25, 0.3) is 0 Å². The molecule has 0 saturated carbocycles. The minimum atomic E-state index is 0.321. The summed E-state index contributed by atoms with van der Waals surface area (Å²) in [5, 5.41) is 6.32. The summed E-state index contributed by atoms with van der Waals surface area (Å²) < 4.78 is 0. The van der Waals surface area contributed by atoms with Crippen molar-refractivity contribution in [1.82, 2.24) is 0 Å². The number of hydrogen-bond acceptors (Lipinski definition) is 4. The van der Waals surface area contributed by atoms with Crippen LogP contribution in [-0.2, 0) is 0 Å². The summed E-state index contributed by atoms with van der Waals surface area (Å²) in [5.74, 6) is 5.13. The fourth-order valence-electron chi connectivity index (χ4n) is 2.78. The van der Waals surface area contributed by atoms with Gasteiger partial charge in [-0.1, -0.05) is 24.0 Å². The van der Waals surface area contributed by atoms with E-state index in [-0.39, 0.29) is 0 Å². The van der Waals surface area contributed by atoms with E-state index in [1.54, 1.807) is 42.5 Å². The molecule has 0 fully saturated rings. The summed E-state index contributed by atoms with van der Waals surface area (Å²) >= 11 is 0. The van der Waals surface area contributed by atoms with Crippen molar-refractivity contribution in [3.63, 3.8) is 0 Å².